The largest absolute Gasteiger partial charge is 0.376 e. The number of nitrogens with zero attached hydrogens (tertiary/aromatic N) is 3. The number of ether oxygens (including phenoxy) is 2. The molecular formula is C18H22FN3O3. The predicted molar refractivity (Wildman–Crippen MR) is 89.8 cm³/mol. The average molecular weight is 347 g/mol. The van der Waals surface area contributed by atoms with Crippen LogP contribution >= 0.6 is 0 Å². The van der Waals surface area contributed by atoms with Crippen molar-refractivity contribution < 1.29 is 18.7 Å². The molecule has 1 aromatic carbocycles. The Hall–Kier alpha value is -2.25. The van der Waals surface area contributed by atoms with E-state index in [0.717, 1.165) is 30.7 Å². The molecule has 0 N–H and O–H groups in total. The average Bonchev–Trinajstić information content (AvgIpc) is 3.27. The van der Waals surface area contributed by atoms with E-state index >= 15 is 0 Å². The molecule has 134 valence electrons. The van der Waals surface area contributed by atoms with E-state index in [-0.39, 0.29) is 24.4 Å². The van der Waals surface area contributed by atoms with Gasteiger partial charge < -0.3 is 14.4 Å². The third-order valence-electron chi connectivity index (χ3n) is 4.13. The molecule has 1 aromatic heterocycles. The quantitative estimate of drug-likeness (QED) is 0.770. The fourth-order valence-electron chi connectivity index (χ4n) is 2.70. The molecule has 1 unspecified atom stereocenters. The molecule has 25 heavy (non-hydrogen) atoms. The lowest BCUT2D eigenvalue weighted by Crippen LogP contribution is -2.31. The van der Waals surface area contributed by atoms with Crippen LogP contribution in [0.25, 0.3) is 5.69 Å². The summed E-state index contributed by atoms with van der Waals surface area (Å²) < 4.78 is 25.5. The molecular weight excluding hydrogens is 325 g/mol. The Bertz CT molecular complexity index is 696. The van der Waals surface area contributed by atoms with Gasteiger partial charge in [0.15, 0.2) is 0 Å². The molecule has 0 aliphatic carbocycles. The summed E-state index contributed by atoms with van der Waals surface area (Å²) in [6.45, 7) is 1.72. The Labute approximate surface area is 146 Å². The number of likely N-dealkylation sites (N-methyl/N-ethyl adjacent to an activating group) is 1. The van der Waals surface area contributed by atoms with Crippen LogP contribution in [0, 0.1) is 5.82 Å². The molecule has 1 aliphatic rings. The molecule has 1 fully saturated rings. The molecule has 1 saturated heterocycles. The van der Waals surface area contributed by atoms with E-state index in [4.69, 9.17) is 9.47 Å². The summed E-state index contributed by atoms with van der Waals surface area (Å²) in [6.07, 6.45) is 5.68. The molecule has 1 aliphatic heterocycles. The number of hydrogen-bond donors (Lipinski definition) is 0. The van der Waals surface area contributed by atoms with Crippen molar-refractivity contribution in [3.63, 3.8) is 0 Å². The Balaban J connectivity index is 1.47. The predicted octanol–water partition coefficient (Wildman–Crippen LogP) is 2.17. The van der Waals surface area contributed by atoms with Crippen molar-refractivity contribution in [1.82, 2.24) is 14.7 Å². The first kappa shape index (κ1) is 17.6. The molecule has 0 radical (unpaired) electrons. The summed E-state index contributed by atoms with van der Waals surface area (Å²) in [5.74, 6) is -0.378. The van der Waals surface area contributed by atoms with Crippen LogP contribution in [0.2, 0.25) is 0 Å². The van der Waals surface area contributed by atoms with Gasteiger partial charge in [0.25, 0.3) is 0 Å². The van der Waals surface area contributed by atoms with Crippen LogP contribution in [0.5, 0.6) is 0 Å². The Morgan fingerprint density at radius 1 is 1.44 bits per heavy atom. The van der Waals surface area contributed by atoms with Gasteiger partial charge in [-0.2, -0.15) is 5.10 Å². The van der Waals surface area contributed by atoms with Crippen molar-refractivity contribution in [3.8, 4) is 5.69 Å². The summed E-state index contributed by atoms with van der Waals surface area (Å²) in [5, 5.41) is 4.25. The second-order valence-electron chi connectivity index (χ2n) is 6.17. The Kier molecular flexibility index (Phi) is 5.78. The topological polar surface area (TPSA) is 56.6 Å². The van der Waals surface area contributed by atoms with Gasteiger partial charge >= 0.3 is 0 Å². The zero-order chi connectivity index (χ0) is 17.6. The minimum Gasteiger partial charge on any atom is -0.376 e. The highest BCUT2D eigenvalue weighted by molar-refractivity contribution is 5.77. The highest BCUT2D eigenvalue weighted by atomic mass is 19.1. The van der Waals surface area contributed by atoms with E-state index in [0.29, 0.717) is 13.2 Å². The maximum Gasteiger partial charge on any atom is 0.248 e. The number of carbonyl (C=O) groups is 1. The zero-order valence-corrected chi connectivity index (χ0v) is 14.2. The second-order valence-corrected chi connectivity index (χ2v) is 6.17. The van der Waals surface area contributed by atoms with Gasteiger partial charge in [0.05, 0.1) is 24.6 Å². The summed E-state index contributed by atoms with van der Waals surface area (Å²) >= 11 is 0. The van der Waals surface area contributed by atoms with Crippen LogP contribution in [0.3, 0.4) is 0 Å². The molecule has 2 heterocycles. The molecule has 1 atom stereocenters. The number of halogens is 1. The normalized spacial score (nSPS) is 17.0. The minimum absolute atomic E-state index is 0.0441. The van der Waals surface area contributed by atoms with E-state index in [1.54, 1.807) is 35.0 Å². The van der Waals surface area contributed by atoms with Gasteiger partial charge in [0, 0.05) is 32.0 Å². The van der Waals surface area contributed by atoms with Crippen molar-refractivity contribution in [1.29, 1.82) is 0 Å². The third-order valence-corrected chi connectivity index (χ3v) is 4.13. The third kappa shape index (κ3) is 4.87. The van der Waals surface area contributed by atoms with E-state index < -0.39 is 0 Å². The molecule has 0 bridgehead atoms. The van der Waals surface area contributed by atoms with Crippen LogP contribution < -0.4 is 0 Å². The molecule has 2 aromatic rings. The van der Waals surface area contributed by atoms with Gasteiger partial charge in [-0.1, -0.05) is 0 Å². The van der Waals surface area contributed by atoms with E-state index in [1.807, 2.05) is 6.20 Å². The maximum atomic E-state index is 13.0. The first-order chi connectivity index (χ1) is 12.1. The van der Waals surface area contributed by atoms with E-state index in [2.05, 4.69) is 5.10 Å². The van der Waals surface area contributed by atoms with Crippen molar-refractivity contribution in [3.05, 3.63) is 48.0 Å². The van der Waals surface area contributed by atoms with Crippen LogP contribution in [0.15, 0.2) is 36.7 Å². The highest BCUT2D eigenvalue weighted by Crippen LogP contribution is 2.13. The van der Waals surface area contributed by atoms with Gasteiger partial charge in [-0.25, -0.2) is 9.07 Å². The molecule has 6 nitrogen and oxygen atoms in total. The lowest BCUT2D eigenvalue weighted by Gasteiger charge is -2.17. The first-order valence-electron chi connectivity index (χ1n) is 8.34. The number of aromatic nitrogens is 2. The molecule has 0 spiro atoms. The number of benzene rings is 1. The fraction of sp³-hybridized carbons (Fsp3) is 0.444. The van der Waals surface area contributed by atoms with Gasteiger partial charge in [-0.3, -0.25) is 4.79 Å². The number of amides is 1. The van der Waals surface area contributed by atoms with E-state index in [9.17, 15) is 9.18 Å². The van der Waals surface area contributed by atoms with Crippen LogP contribution in [-0.2, 0) is 20.8 Å². The fourth-order valence-corrected chi connectivity index (χ4v) is 2.70. The van der Waals surface area contributed by atoms with Crippen molar-refractivity contribution in [2.75, 3.05) is 26.9 Å². The zero-order valence-electron chi connectivity index (χ0n) is 14.2. The monoisotopic (exact) mass is 347 g/mol. The molecule has 7 heteroatoms. The first-order valence-corrected chi connectivity index (χ1v) is 8.34. The Morgan fingerprint density at radius 3 is 2.96 bits per heavy atom. The minimum atomic E-state index is -0.288. The second kappa shape index (κ2) is 8.22. The van der Waals surface area contributed by atoms with Crippen molar-refractivity contribution in [2.45, 2.75) is 25.5 Å². The smallest absolute Gasteiger partial charge is 0.248 e. The maximum absolute atomic E-state index is 13.0. The van der Waals surface area contributed by atoms with Crippen molar-refractivity contribution in [2.24, 2.45) is 0 Å². The SMILES string of the molecule is CN(Cc1cnn(-c2ccc(F)cc2)c1)C(=O)COCC1CCCO1. The van der Waals surface area contributed by atoms with Gasteiger partial charge in [-0.05, 0) is 37.1 Å². The Morgan fingerprint density at radius 2 is 2.24 bits per heavy atom. The van der Waals surface area contributed by atoms with Gasteiger partial charge in [-0.15, -0.1) is 0 Å². The van der Waals surface area contributed by atoms with Crippen LogP contribution in [-0.4, -0.2) is 53.6 Å². The summed E-state index contributed by atoms with van der Waals surface area (Å²) in [7, 11) is 1.73. The molecule has 1 amide bonds. The van der Waals surface area contributed by atoms with Gasteiger partial charge in [0.2, 0.25) is 5.91 Å². The molecule has 0 saturated carbocycles. The molecule has 3 rings (SSSR count). The summed E-state index contributed by atoms with van der Waals surface area (Å²) in [4.78, 5) is 13.7. The standard InChI is InChI=1S/C18H22FN3O3/c1-21(18(23)13-24-12-17-3-2-8-25-17)10-14-9-20-22(11-14)16-6-4-15(19)5-7-16/h4-7,9,11,17H,2-3,8,10,12-13H2,1H3. The number of carbonyl (C=O) groups excluding carboxylic acids is 1. The lowest BCUT2D eigenvalue weighted by atomic mass is 10.2. The number of hydrogen-bond acceptors (Lipinski definition) is 4. The number of rotatable bonds is 7. The van der Waals surface area contributed by atoms with Gasteiger partial charge in [0.1, 0.15) is 12.4 Å². The van der Waals surface area contributed by atoms with Crippen LogP contribution in [0.4, 0.5) is 4.39 Å². The van der Waals surface area contributed by atoms with Crippen LogP contribution in [0.1, 0.15) is 18.4 Å². The van der Waals surface area contributed by atoms with E-state index in [1.165, 1.54) is 12.1 Å². The highest BCUT2D eigenvalue weighted by Gasteiger charge is 2.17. The summed E-state index contributed by atoms with van der Waals surface area (Å²) in [6, 6.07) is 6.08. The summed E-state index contributed by atoms with van der Waals surface area (Å²) in [5.41, 5.74) is 1.65. The lowest BCUT2D eigenvalue weighted by molar-refractivity contribution is -0.136. The van der Waals surface area contributed by atoms with Crippen molar-refractivity contribution >= 4 is 5.91 Å².